The summed E-state index contributed by atoms with van der Waals surface area (Å²) in [6, 6.07) is 57.3. The summed E-state index contributed by atoms with van der Waals surface area (Å²) in [4.78, 5) is 4.72. The number of hydrogen-bond donors (Lipinski definition) is 0. The predicted octanol–water partition coefficient (Wildman–Crippen LogP) is 16.6. The molecule has 0 N–H and O–H groups in total. The summed E-state index contributed by atoms with van der Waals surface area (Å²) in [5, 5.41) is 8.82. The van der Waals surface area contributed by atoms with E-state index in [1.807, 2.05) is 0 Å². The molecule has 290 valence electrons. The second-order valence-electron chi connectivity index (χ2n) is 16.6. The fourth-order valence-electron chi connectivity index (χ4n) is 9.00. The van der Waals surface area contributed by atoms with E-state index in [4.69, 9.17) is 8.83 Å². The molecule has 4 heteroatoms. The molecule has 0 aliphatic carbocycles. The van der Waals surface area contributed by atoms with Gasteiger partial charge < -0.3 is 18.6 Å². The number of benzene rings is 9. The SMILES string of the molecule is Cc1ccc(N(c2ccc3cc4c(cc3c2)oc2cc3c(cc24)oc2cc4cc(N(c5ccc(C)c(C)c5)c5ccccc5C)ccc4cc23)c2ccccc2C)cc1C. The lowest BCUT2D eigenvalue weighted by Gasteiger charge is -2.28. The van der Waals surface area contributed by atoms with Crippen molar-refractivity contribution in [2.45, 2.75) is 41.5 Å². The third kappa shape index (κ3) is 5.82. The van der Waals surface area contributed by atoms with Crippen LogP contribution < -0.4 is 9.80 Å². The number of para-hydroxylation sites is 2. The Hall–Kier alpha value is -7.30. The van der Waals surface area contributed by atoms with Gasteiger partial charge in [0, 0.05) is 55.7 Å². The molecule has 60 heavy (non-hydrogen) atoms. The number of rotatable bonds is 6. The van der Waals surface area contributed by atoms with Crippen LogP contribution in [-0.4, -0.2) is 0 Å². The number of nitrogens with zero attached hydrogens (tertiary/aromatic N) is 2. The van der Waals surface area contributed by atoms with Crippen molar-refractivity contribution in [2.75, 3.05) is 9.80 Å². The molecule has 0 radical (unpaired) electrons. The molecule has 2 aromatic heterocycles. The van der Waals surface area contributed by atoms with Crippen molar-refractivity contribution >= 4 is 99.5 Å². The first kappa shape index (κ1) is 35.8. The van der Waals surface area contributed by atoms with Gasteiger partial charge in [0.25, 0.3) is 0 Å². The highest BCUT2D eigenvalue weighted by molar-refractivity contribution is 6.18. The third-order valence-electron chi connectivity index (χ3n) is 12.7. The van der Waals surface area contributed by atoms with Crippen LogP contribution in [0.25, 0.3) is 65.4 Å². The molecule has 0 saturated carbocycles. The highest BCUT2D eigenvalue weighted by Crippen LogP contribution is 2.43. The van der Waals surface area contributed by atoms with Gasteiger partial charge in [-0.2, -0.15) is 0 Å². The van der Waals surface area contributed by atoms with Gasteiger partial charge in [-0.05, 0) is 194 Å². The Morgan fingerprint density at radius 1 is 0.283 bits per heavy atom. The summed E-state index contributed by atoms with van der Waals surface area (Å²) in [6.45, 7) is 13.0. The van der Waals surface area contributed by atoms with E-state index in [1.165, 1.54) is 33.4 Å². The van der Waals surface area contributed by atoms with Crippen LogP contribution in [0.2, 0.25) is 0 Å². The van der Waals surface area contributed by atoms with Crippen LogP contribution in [0.15, 0.2) is 167 Å². The van der Waals surface area contributed by atoms with Crippen LogP contribution in [-0.2, 0) is 0 Å². The average Bonchev–Trinajstić information content (AvgIpc) is 3.77. The second kappa shape index (κ2) is 13.6. The van der Waals surface area contributed by atoms with E-state index in [0.717, 1.165) is 99.5 Å². The van der Waals surface area contributed by atoms with E-state index in [2.05, 4.69) is 209 Å². The largest absolute Gasteiger partial charge is 0.456 e. The van der Waals surface area contributed by atoms with Crippen molar-refractivity contribution in [2.24, 2.45) is 0 Å². The van der Waals surface area contributed by atoms with Gasteiger partial charge in [-0.15, -0.1) is 0 Å². The van der Waals surface area contributed by atoms with Crippen molar-refractivity contribution in [3.63, 3.8) is 0 Å². The summed E-state index contributed by atoms with van der Waals surface area (Å²) in [7, 11) is 0. The van der Waals surface area contributed by atoms with Crippen molar-refractivity contribution in [3.05, 3.63) is 191 Å². The normalized spacial score (nSPS) is 11.8. The van der Waals surface area contributed by atoms with Gasteiger partial charge in [0.05, 0.1) is 0 Å². The summed E-state index contributed by atoms with van der Waals surface area (Å²) in [6.07, 6.45) is 0. The molecule has 0 aliphatic heterocycles. The average molecular weight is 777 g/mol. The molecule has 0 spiro atoms. The Morgan fingerprint density at radius 2 is 0.650 bits per heavy atom. The molecular weight excluding hydrogens is 733 g/mol. The zero-order valence-electron chi connectivity index (χ0n) is 34.7. The van der Waals surface area contributed by atoms with Crippen molar-refractivity contribution < 1.29 is 8.83 Å². The first-order valence-electron chi connectivity index (χ1n) is 20.7. The van der Waals surface area contributed by atoms with E-state index in [1.54, 1.807) is 0 Å². The van der Waals surface area contributed by atoms with Crippen LogP contribution in [0.5, 0.6) is 0 Å². The quantitative estimate of drug-likeness (QED) is 0.168. The van der Waals surface area contributed by atoms with E-state index in [-0.39, 0.29) is 0 Å². The van der Waals surface area contributed by atoms with Crippen molar-refractivity contribution in [1.82, 2.24) is 0 Å². The molecule has 11 aromatic rings. The molecule has 11 rings (SSSR count). The summed E-state index contributed by atoms with van der Waals surface area (Å²) in [5.41, 5.74) is 17.8. The Labute approximate surface area is 349 Å². The van der Waals surface area contributed by atoms with Crippen LogP contribution >= 0.6 is 0 Å². The highest BCUT2D eigenvalue weighted by Gasteiger charge is 2.20. The summed E-state index contributed by atoms with van der Waals surface area (Å²) < 4.78 is 13.4. The van der Waals surface area contributed by atoms with Crippen molar-refractivity contribution in [3.8, 4) is 0 Å². The molecule has 2 heterocycles. The molecule has 4 nitrogen and oxygen atoms in total. The Kier molecular flexibility index (Phi) is 8.15. The molecule has 0 atom stereocenters. The first-order valence-corrected chi connectivity index (χ1v) is 20.7. The van der Waals surface area contributed by atoms with Gasteiger partial charge in [-0.3, -0.25) is 0 Å². The smallest absolute Gasteiger partial charge is 0.136 e. The molecule has 0 fully saturated rings. The molecule has 0 amide bonds. The highest BCUT2D eigenvalue weighted by atomic mass is 16.3. The minimum absolute atomic E-state index is 0.852. The topological polar surface area (TPSA) is 32.8 Å². The van der Waals surface area contributed by atoms with Gasteiger partial charge in [-0.1, -0.05) is 60.7 Å². The van der Waals surface area contributed by atoms with Crippen LogP contribution in [0.1, 0.15) is 33.4 Å². The maximum absolute atomic E-state index is 6.68. The fourth-order valence-corrected chi connectivity index (χ4v) is 9.00. The summed E-state index contributed by atoms with van der Waals surface area (Å²) >= 11 is 0. The van der Waals surface area contributed by atoms with E-state index in [9.17, 15) is 0 Å². The van der Waals surface area contributed by atoms with Gasteiger partial charge >= 0.3 is 0 Å². The molecule has 0 unspecified atom stereocenters. The van der Waals surface area contributed by atoms with Crippen LogP contribution in [0.4, 0.5) is 34.1 Å². The molecular formula is C56H44N2O2. The standard InChI is InChI=1S/C56H44N2O2/c1-33-15-19-43(23-37(33)5)57(51-13-9-7-11-35(51)3)45-21-17-39-27-47-49-31-56-50(32-55(49)59-53(47)29-41(39)25-45)48-28-40-18-22-46(26-42(40)30-54(48)60-56)58(52-14-10-8-12-36(52)4)44-20-16-34(2)38(6)24-44/h7-32H,1-6H3. The Balaban J connectivity index is 1.01. The molecule has 0 bridgehead atoms. The fraction of sp³-hybridized carbons (Fsp3) is 0.107. The number of furan rings is 2. The van der Waals surface area contributed by atoms with Crippen LogP contribution in [0, 0.1) is 41.5 Å². The minimum Gasteiger partial charge on any atom is -0.456 e. The molecule has 9 aromatic carbocycles. The number of aryl methyl sites for hydroxylation is 6. The Morgan fingerprint density at radius 3 is 1.07 bits per heavy atom. The third-order valence-corrected chi connectivity index (χ3v) is 12.7. The van der Waals surface area contributed by atoms with Gasteiger partial charge in [-0.25, -0.2) is 0 Å². The number of fused-ring (bicyclic) bond motifs is 8. The lowest BCUT2D eigenvalue weighted by atomic mass is 10.0. The predicted molar refractivity (Wildman–Crippen MR) is 254 cm³/mol. The number of anilines is 6. The first-order chi connectivity index (χ1) is 29.2. The van der Waals surface area contributed by atoms with E-state index < -0.39 is 0 Å². The lowest BCUT2D eigenvalue weighted by molar-refractivity contribution is 0.664. The van der Waals surface area contributed by atoms with Gasteiger partial charge in [0.15, 0.2) is 0 Å². The van der Waals surface area contributed by atoms with Gasteiger partial charge in [0.1, 0.15) is 22.3 Å². The minimum atomic E-state index is 0.852. The van der Waals surface area contributed by atoms with E-state index in [0.29, 0.717) is 0 Å². The second-order valence-corrected chi connectivity index (χ2v) is 16.6. The molecule has 0 saturated heterocycles. The molecule has 0 aliphatic rings. The zero-order chi connectivity index (χ0) is 40.8. The van der Waals surface area contributed by atoms with Crippen molar-refractivity contribution in [1.29, 1.82) is 0 Å². The zero-order valence-corrected chi connectivity index (χ0v) is 34.7. The van der Waals surface area contributed by atoms with Gasteiger partial charge in [0.2, 0.25) is 0 Å². The lowest BCUT2D eigenvalue weighted by Crippen LogP contribution is -2.11. The summed E-state index contributed by atoms with van der Waals surface area (Å²) in [5.74, 6) is 0. The maximum atomic E-state index is 6.68. The maximum Gasteiger partial charge on any atom is 0.136 e. The Bertz CT molecular complexity index is 3300. The van der Waals surface area contributed by atoms with Crippen LogP contribution in [0.3, 0.4) is 0 Å². The van der Waals surface area contributed by atoms with E-state index >= 15 is 0 Å². The monoisotopic (exact) mass is 776 g/mol. The number of hydrogen-bond acceptors (Lipinski definition) is 4.